The van der Waals surface area contributed by atoms with Gasteiger partial charge in [-0.1, -0.05) is 46.3 Å². The lowest BCUT2D eigenvalue weighted by molar-refractivity contribution is 0.0940. The standard InChI is InChI=1S/C18H18BrNOS2/c1-12(15-4-2-3-5-16(15)19)20-17(21)13-6-8-14(9-7-13)18-22-10-11-23-18/h2-9,12,18H,10-11H2,1H3,(H,20,21)/t12-/m1/s1. The van der Waals surface area contributed by atoms with Crippen LogP contribution in [0.4, 0.5) is 0 Å². The highest BCUT2D eigenvalue weighted by Gasteiger charge is 2.19. The Kier molecular flexibility index (Phi) is 5.72. The number of benzene rings is 2. The van der Waals surface area contributed by atoms with Gasteiger partial charge in [-0.25, -0.2) is 0 Å². The Bertz CT molecular complexity index is 684. The first kappa shape index (κ1) is 16.9. The quantitative estimate of drug-likeness (QED) is 0.733. The Morgan fingerprint density at radius 2 is 1.78 bits per heavy atom. The van der Waals surface area contributed by atoms with E-state index in [1.807, 2.05) is 66.8 Å². The van der Waals surface area contributed by atoms with Gasteiger partial charge in [-0.3, -0.25) is 4.79 Å². The smallest absolute Gasteiger partial charge is 0.251 e. The molecule has 0 radical (unpaired) electrons. The number of thioether (sulfide) groups is 2. The highest BCUT2D eigenvalue weighted by molar-refractivity contribution is 9.10. The minimum absolute atomic E-state index is 0.0356. The Morgan fingerprint density at radius 3 is 2.43 bits per heavy atom. The first-order chi connectivity index (χ1) is 11.1. The molecule has 1 aliphatic heterocycles. The molecule has 2 nitrogen and oxygen atoms in total. The maximum Gasteiger partial charge on any atom is 0.251 e. The van der Waals surface area contributed by atoms with E-state index in [1.54, 1.807) is 0 Å². The van der Waals surface area contributed by atoms with Crippen LogP contribution < -0.4 is 5.32 Å². The lowest BCUT2D eigenvalue weighted by Gasteiger charge is -2.16. The van der Waals surface area contributed by atoms with Gasteiger partial charge in [0.1, 0.15) is 0 Å². The minimum Gasteiger partial charge on any atom is -0.345 e. The van der Waals surface area contributed by atoms with Crippen molar-refractivity contribution in [3.05, 3.63) is 69.7 Å². The molecule has 2 aromatic rings. The van der Waals surface area contributed by atoms with Gasteiger partial charge in [0.2, 0.25) is 0 Å². The summed E-state index contributed by atoms with van der Waals surface area (Å²) in [5, 5.41) is 3.06. The summed E-state index contributed by atoms with van der Waals surface area (Å²) in [6, 6.07) is 15.9. The molecule has 0 spiro atoms. The van der Waals surface area contributed by atoms with E-state index in [9.17, 15) is 4.79 Å². The van der Waals surface area contributed by atoms with E-state index in [4.69, 9.17) is 0 Å². The molecule has 1 fully saturated rings. The van der Waals surface area contributed by atoms with Gasteiger partial charge in [0.25, 0.3) is 5.91 Å². The Hall–Kier alpha value is -0.910. The summed E-state index contributed by atoms with van der Waals surface area (Å²) in [6.45, 7) is 2.00. The summed E-state index contributed by atoms with van der Waals surface area (Å²) in [6.07, 6.45) is 0. The molecule has 0 aromatic heterocycles. The van der Waals surface area contributed by atoms with Gasteiger partial charge in [-0.05, 0) is 36.2 Å². The zero-order valence-corrected chi connectivity index (χ0v) is 16.0. The van der Waals surface area contributed by atoms with Crippen molar-refractivity contribution in [2.24, 2.45) is 0 Å². The number of halogens is 1. The predicted molar refractivity (Wildman–Crippen MR) is 104 cm³/mol. The fourth-order valence-electron chi connectivity index (χ4n) is 2.53. The van der Waals surface area contributed by atoms with Crippen LogP contribution in [-0.4, -0.2) is 17.4 Å². The Balaban J connectivity index is 1.67. The number of amides is 1. The van der Waals surface area contributed by atoms with Crippen LogP contribution in [0.25, 0.3) is 0 Å². The fourth-order valence-corrected chi connectivity index (χ4v) is 6.01. The summed E-state index contributed by atoms with van der Waals surface area (Å²) < 4.78 is 1.53. The van der Waals surface area contributed by atoms with Crippen molar-refractivity contribution in [1.29, 1.82) is 0 Å². The van der Waals surface area contributed by atoms with Gasteiger partial charge in [0.15, 0.2) is 0 Å². The van der Waals surface area contributed by atoms with Crippen LogP contribution in [0.5, 0.6) is 0 Å². The van der Waals surface area contributed by atoms with E-state index in [0.29, 0.717) is 10.1 Å². The molecule has 23 heavy (non-hydrogen) atoms. The number of carbonyl (C=O) groups excluding carboxylic acids is 1. The second kappa shape index (κ2) is 7.77. The number of hydrogen-bond donors (Lipinski definition) is 1. The third-order valence-corrected chi connectivity index (χ3v) is 7.61. The SMILES string of the molecule is C[C@@H](NC(=O)c1ccc(C2SCCS2)cc1)c1ccccc1Br. The zero-order valence-electron chi connectivity index (χ0n) is 12.8. The van der Waals surface area contributed by atoms with Crippen molar-refractivity contribution < 1.29 is 4.79 Å². The second-order valence-electron chi connectivity index (χ2n) is 5.41. The summed E-state index contributed by atoms with van der Waals surface area (Å²) in [5.74, 6) is 2.38. The average molecular weight is 408 g/mol. The molecule has 1 saturated heterocycles. The molecule has 5 heteroatoms. The molecular weight excluding hydrogens is 390 g/mol. The van der Waals surface area contributed by atoms with E-state index >= 15 is 0 Å². The highest BCUT2D eigenvalue weighted by atomic mass is 79.9. The van der Waals surface area contributed by atoms with E-state index < -0.39 is 0 Å². The molecule has 1 aliphatic rings. The summed E-state index contributed by atoms with van der Waals surface area (Å²) in [4.78, 5) is 12.4. The van der Waals surface area contributed by atoms with Crippen molar-refractivity contribution >= 4 is 45.4 Å². The second-order valence-corrected chi connectivity index (χ2v) is 8.99. The molecular formula is C18H18BrNOS2. The third kappa shape index (κ3) is 4.14. The van der Waals surface area contributed by atoms with Crippen LogP contribution in [0.2, 0.25) is 0 Å². The zero-order chi connectivity index (χ0) is 16.2. The Morgan fingerprint density at radius 1 is 1.13 bits per heavy atom. The van der Waals surface area contributed by atoms with E-state index in [0.717, 1.165) is 10.0 Å². The van der Waals surface area contributed by atoms with Crippen molar-refractivity contribution in [3.8, 4) is 0 Å². The maximum absolute atomic E-state index is 12.4. The van der Waals surface area contributed by atoms with Gasteiger partial charge in [0.05, 0.1) is 10.6 Å². The van der Waals surface area contributed by atoms with Crippen LogP contribution >= 0.6 is 39.5 Å². The summed E-state index contributed by atoms with van der Waals surface area (Å²) in [5.41, 5.74) is 3.09. The van der Waals surface area contributed by atoms with Crippen molar-refractivity contribution in [1.82, 2.24) is 5.32 Å². The minimum atomic E-state index is -0.0429. The molecule has 0 aliphatic carbocycles. The van der Waals surface area contributed by atoms with Crippen LogP contribution in [-0.2, 0) is 0 Å². The molecule has 1 amide bonds. The van der Waals surface area contributed by atoms with Crippen LogP contribution in [0.3, 0.4) is 0 Å². The number of nitrogens with one attached hydrogen (secondary N) is 1. The first-order valence-corrected chi connectivity index (χ1v) is 10.4. The molecule has 0 bridgehead atoms. The van der Waals surface area contributed by atoms with Gasteiger partial charge < -0.3 is 5.32 Å². The molecule has 1 heterocycles. The lowest BCUT2D eigenvalue weighted by atomic mass is 10.1. The number of carbonyl (C=O) groups is 1. The van der Waals surface area contributed by atoms with Gasteiger partial charge in [-0.2, -0.15) is 0 Å². The normalized spacial score (nSPS) is 16.3. The topological polar surface area (TPSA) is 29.1 Å². The first-order valence-electron chi connectivity index (χ1n) is 7.53. The molecule has 1 N–H and O–H groups in total. The van der Waals surface area contributed by atoms with Gasteiger partial charge in [-0.15, -0.1) is 23.5 Å². The van der Waals surface area contributed by atoms with Crippen molar-refractivity contribution in [2.75, 3.05) is 11.5 Å². The van der Waals surface area contributed by atoms with Gasteiger partial charge >= 0.3 is 0 Å². The van der Waals surface area contributed by atoms with E-state index in [1.165, 1.54) is 17.1 Å². The van der Waals surface area contributed by atoms with E-state index in [2.05, 4.69) is 33.4 Å². The lowest BCUT2D eigenvalue weighted by Crippen LogP contribution is -2.26. The largest absolute Gasteiger partial charge is 0.345 e. The van der Waals surface area contributed by atoms with Gasteiger partial charge in [0, 0.05) is 21.5 Å². The van der Waals surface area contributed by atoms with Crippen LogP contribution in [0, 0.1) is 0 Å². The summed E-state index contributed by atoms with van der Waals surface area (Å²) >= 11 is 7.49. The molecule has 1 atom stereocenters. The summed E-state index contributed by atoms with van der Waals surface area (Å²) in [7, 11) is 0. The van der Waals surface area contributed by atoms with E-state index in [-0.39, 0.29) is 11.9 Å². The van der Waals surface area contributed by atoms with Crippen molar-refractivity contribution in [2.45, 2.75) is 17.5 Å². The fraction of sp³-hybridized carbons (Fsp3) is 0.278. The highest BCUT2D eigenvalue weighted by Crippen LogP contribution is 2.45. The molecule has 3 rings (SSSR count). The Labute approximate surface area is 153 Å². The van der Waals surface area contributed by atoms with Crippen LogP contribution in [0.15, 0.2) is 53.0 Å². The van der Waals surface area contributed by atoms with Crippen molar-refractivity contribution in [3.63, 3.8) is 0 Å². The third-order valence-electron chi connectivity index (χ3n) is 3.79. The monoisotopic (exact) mass is 407 g/mol. The molecule has 2 aromatic carbocycles. The maximum atomic E-state index is 12.4. The number of rotatable bonds is 4. The molecule has 0 saturated carbocycles. The molecule has 120 valence electrons. The average Bonchev–Trinajstić information content (AvgIpc) is 3.09. The predicted octanol–water partition coefficient (Wildman–Crippen LogP) is 5.42. The van der Waals surface area contributed by atoms with Crippen LogP contribution in [0.1, 0.15) is 39.0 Å². The molecule has 0 unspecified atom stereocenters. The number of hydrogen-bond acceptors (Lipinski definition) is 3.